The van der Waals surface area contributed by atoms with Gasteiger partial charge < -0.3 is 10.2 Å². The highest BCUT2D eigenvalue weighted by Crippen LogP contribution is 2.32. The fourth-order valence-corrected chi connectivity index (χ4v) is 3.40. The number of carbonyl (C=O) groups is 1. The Bertz CT molecular complexity index is 508. The van der Waals surface area contributed by atoms with Gasteiger partial charge in [0.05, 0.1) is 6.42 Å². The minimum atomic E-state index is 0.201. The van der Waals surface area contributed by atoms with Crippen molar-refractivity contribution in [3.63, 3.8) is 0 Å². The molecule has 1 amide bonds. The van der Waals surface area contributed by atoms with Crippen molar-refractivity contribution in [2.75, 3.05) is 38.1 Å². The predicted octanol–water partition coefficient (Wildman–Crippen LogP) is 1.56. The second-order valence-electron chi connectivity index (χ2n) is 5.73. The van der Waals surface area contributed by atoms with Gasteiger partial charge in [-0.05, 0) is 23.6 Å². The Balaban J connectivity index is 1.86. The van der Waals surface area contributed by atoms with E-state index < -0.39 is 0 Å². The third-order valence-electron chi connectivity index (χ3n) is 4.54. The van der Waals surface area contributed by atoms with Crippen LogP contribution in [0.25, 0.3) is 0 Å². The maximum atomic E-state index is 11.8. The maximum Gasteiger partial charge on any atom is 0.231 e. The van der Waals surface area contributed by atoms with E-state index in [-0.39, 0.29) is 5.91 Å². The van der Waals surface area contributed by atoms with Crippen LogP contribution in [-0.4, -0.2) is 44.0 Å². The molecule has 0 spiro atoms. The van der Waals surface area contributed by atoms with Crippen molar-refractivity contribution in [3.8, 4) is 0 Å². The fourth-order valence-electron chi connectivity index (χ4n) is 3.40. The average Bonchev–Trinajstić information content (AvgIpc) is 2.76. The van der Waals surface area contributed by atoms with E-state index in [2.05, 4.69) is 35.3 Å². The van der Waals surface area contributed by atoms with Crippen LogP contribution in [0.4, 0.5) is 5.69 Å². The van der Waals surface area contributed by atoms with Crippen LogP contribution in [0.1, 0.15) is 30.5 Å². The van der Waals surface area contributed by atoms with Crippen molar-refractivity contribution >= 4 is 11.6 Å². The summed E-state index contributed by atoms with van der Waals surface area (Å²) in [5.41, 5.74) is 3.62. The van der Waals surface area contributed by atoms with E-state index in [1.54, 1.807) is 4.90 Å². The largest absolute Gasteiger partial charge is 0.315 e. The van der Waals surface area contributed by atoms with Gasteiger partial charge >= 0.3 is 0 Å². The first-order valence-electron chi connectivity index (χ1n) is 7.55. The van der Waals surface area contributed by atoms with E-state index in [9.17, 15) is 4.79 Å². The lowest BCUT2D eigenvalue weighted by atomic mass is 9.98. The molecular weight excluding hydrogens is 250 g/mol. The van der Waals surface area contributed by atoms with Gasteiger partial charge in [-0.3, -0.25) is 9.69 Å². The van der Waals surface area contributed by atoms with E-state index >= 15 is 0 Å². The van der Waals surface area contributed by atoms with Gasteiger partial charge in [-0.1, -0.05) is 19.1 Å². The Labute approximate surface area is 120 Å². The van der Waals surface area contributed by atoms with Crippen LogP contribution < -0.4 is 10.2 Å². The van der Waals surface area contributed by atoms with Gasteiger partial charge in [-0.25, -0.2) is 0 Å². The summed E-state index contributed by atoms with van der Waals surface area (Å²) in [6.45, 7) is 6.60. The molecule has 2 heterocycles. The number of piperazine rings is 1. The van der Waals surface area contributed by atoms with Gasteiger partial charge in [0.15, 0.2) is 0 Å². The third-order valence-corrected chi connectivity index (χ3v) is 4.54. The number of rotatable bonds is 3. The molecule has 0 bridgehead atoms. The molecule has 1 atom stereocenters. The number of nitrogens with one attached hydrogen (secondary N) is 1. The molecule has 2 aliphatic rings. The Morgan fingerprint density at radius 3 is 2.75 bits per heavy atom. The SMILES string of the molecule is CCC(c1ccc2c(c1)CC(=O)N2C)N1CCNCC1. The number of nitrogens with zero attached hydrogens (tertiary/aromatic N) is 2. The van der Waals surface area contributed by atoms with Crippen molar-refractivity contribution < 1.29 is 4.79 Å². The molecule has 0 radical (unpaired) electrons. The van der Waals surface area contributed by atoms with E-state index in [1.807, 2.05) is 7.05 Å². The van der Waals surface area contributed by atoms with Crippen LogP contribution in [0, 0.1) is 0 Å². The van der Waals surface area contributed by atoms with Crippen molar-refractivity contribution in [1.29, 1.82) is 0 Å². The summed E-state index contributed by atoms with van der Waals surface area (Å²) >= 11 is 0. The molecule has 20 heavy (non-hydrogen) atoms. The first kappa shape index (κ1) is 13.6. The van der Waals surface area contributed by atoms with E-state index in [4.69, 9.17) is 0 Å². The third kappa shape index (κ3) is 2.34. The van der Waals surface area contributed by atoms with Crippen molar-refractivity contribution in [2.45, 2.75) is 25.8 Å². The van der Waals surface area contributed by atoms with Crippen LogP contribution in [0.15, 0.2) is 18.2 Å². The highest BCUT2D eigenvalue weighted by Gasteiger charge is 2.26. The number of fused-ring (bicyclic) bond motifs is 1. The quantitative estimate of drug-likeness (QED) is 0.908. The molecule has 1 aromatic carbocycles. The van der Waals surface area contributed by atoms with E-state index in [0.717, 1.165) is 38.3 Å². The number of amides is 1. The summed E-state index contributed by atoms with van der Waals surface area (Å²) in [7, 11) is 1.86. The number of carbonyl (C=O) groups excluding carboxylic acids is 1. The monoisotopic (exact) mass is 273 g/mol. The van der Waals surface area contributed by atoms with Gasteiger partial charge in [0.25, 0.3) is 0 Å². The summed E-state index contributed by atoms with van der Waals surface area (Å²) in [6.07, 6.45) is 1.67. The first-order chi connectivity index (χ1) is 9.70. The topological polar surface area (TPSA) is 35.6 Å². The summed E-state index contributed by atoms with van der Waals surface area (Å²) in [4.78, 5) is 16.1. The van der Waals surface area contributed by atoms with E-state index in [1.165, 1.54) is 11.1 Å². The molecule has 1 saturated heterocycles. The molecule has 3 rings (SSSR count). The normalized spacial score (nSPS) is 21.1. The van der Waals surface area contributed by atoms with Gasteiger partial charge in [0.2, 0.25) is 5.91 Å². The molecule has 4 heteroatoms. The van der Waals surface area contributed by atoms with Crippen LogP contribution in [0.3, 0.4) is 0 Å². The standard InChI is InChI=1S/C16H23N3O/c1-3-14(19-8-6-17-7-9-19)12-4-5-15-13(10-12)11-16(20)18(15)2/h4-5,10,14,17H,3,6-9,11H2,1-2H3. The zero-order chi connectivity index (χ0) is 14.1. The van der Waals surface area contributed by atoms with Crippen LogP contribution >= 0.6 is 0 Å². The minimum Gasteiger partial charge on any atom is -0.315 e. The number of hydrogen-bond donors (Lipinski definition) is 1. The predicted molar refractivity (Wildman–Crippen MR) is 81.0 cm³/mol. The second-order valence-corrected chi connectivity index (χ2v) is 5.73. The zero-order valence-electron chi connectivity index (χ0n) is 12.4. The zero-order valence-corrected chi connectivity index (χ0v) is 12.4. The van der Waals surface area contributed by atoms with Crippen molar-refractivity contribution in [2.24, 2.45) is 0 Å². The van der Waals surface area contributed by atoms with Gasteiger partial charge in [-0.15, -0.1) is 0 Å². The molecule has 108 valence electrons. The summed E-state index contributed by atoms with van der Waals surface area (Å²) in [5.74, 6) is 0.201. The number of benzene rings is 1. The fraction of sp³-hybridized carbons (Fsp3) is 0.562. The Hall–Kier alpha value is -1.39. The van der Waals surface area contributed by atoms with Gasteiger partial charge in [-0.2, -0.15) is 0 Å². The summed E-state index contributed by atoms with van der Waals surface area (Å²) < 4.78 is 0. The molecular formula is C16H23N3O. The van der Waals surface area contributed by atoms with Crippen molar-refractivity contribution in [1.82, 2.24) is 10.2 Å². The molecule has 0 aliphatic carbocycles. The minimum absolute atomic E-state index is 0.201. The molecule has 1 unspecified atom stereocenters. The second kappa shape index (κ2) is 5.54. The highest BCUT2D eigenvalue weighted by molar-refractivity contribution is 6.00. The highest BCUT2D eigenvalue weighted by atomic mass is 16.2. The molecule has 0 aromatic heterocycles. The van der Waals surface area contributed by atoms with E-state index in [0.29, 0.717) is 12.5 Å². The number of hydrogen-bond acceptors (Lipinski definition) is 3. The molecule has 4 nitrogen and oxygen atoms in total. The lowest BCUT2D eigenvalue weighted by Gasteiger charge is -2.35. The Kier molecular flexibility index (Phi) is 3.76. The van der Waals surface area contributed by atoms with Crippen LogP contribution in [0.5, 0.6) is 0 Å². The van der Waals surface area contributed by atoms with Crippen LogP contribution in [0.2, 0.25) is 0 Å². The average molecular weight is 273 g/mol. The van der Waals surface area contributed by atoms with Gasteiger partial charge in [0, 0.05) is 45.0 Å². The smallest absolute Gasteiger partial charge is 0.231 e. The number of likely N-dealkylation sites (N-methyl/N-ethyl adjacent to an activating group) is 1. The number of anilines is 1. The molecule has 1 fully saturated rings. The molecule has 1 aromatic rings. The molecule has 1 N–H and O–H groups in total. The van der Waals surface area contributed by atoms with Crippen LogP contribution in [-0.2, 0) is 11.2 Å². The lowest BCUT2D eigenvalue weighted by molar-refractivity contribution is -0.117. The van der Waals surface area contributed by atoms with Crippen molar-refractivity contribution in [3.05, 3.63) is 29.3 Å². The Morgan fingerprint density at radius 1 is 1.30 bits per heavy atom. The molecule has 2 aliphatic heterocycles. The Morgan fingerprint density at radius 2 is 2.05 bits per heavy atom. The summed E-state index contributed by atoms with van der Waals surface area (Å²) in [5, 5.41) is 3.41. The van der Waals surface area contributed by atoms with Gasteiger partial charge in [0.1, 0.15) is 0 Å². The maximum absolute atomic E-state index is 11.8. The lowest BCUT2D eigenvalue weighted by Crippen LogP contribution is -2.45. The summed E-state index contributed by atoms with van der Waals surface area (Å²) in [6, 6.07) is 7.03. The first-order valence-corrected chi connectivity index (χ1v) is 7.55. The molecule has 0 saturated carbocycles.